The van der Waals surface area contributed by atoms with Gasteiger partial charge in [-0.15, -0.1) is 11.3 Å². The average molecular weight is 213 g/mol. The van der Waals surface area contributed by atoms with Crippen LogP contribution < -0.4 is 5.73 Å². The summed E-state index contributed by atoms with van der Waals surface area (Å²) in [6.07, 6.45) is 0.904. The van der Waals surface area contributed by atoms with E-state index in [2.05, 4.69) is 0 Å². The third-order valence-corrected chi connectivity index (χ3v) is 3.63. The van der Waals surface area contributed by atoms with Crippen molar-refractivity contribution in [1.29, 1.82) is 0 Å². The fraction of sp³-hybridized carbons (Fsp3) is 0.444. The highest BCUT2D eigenvalue weighted by molar-refractivity contribution is 7.10. The van der Waals surface area contributed by atoms with Crippen LogP contribution >= 0.6 is 11.3 Å². The minimum Gasteiger partial charge on any atom is -0.478 e. The first-order chi connectivity index (χ1) is 6.53. The topological polar surface area (TPSA) is 83.5 Å². The number of carbonyl (C=O) groups is 1. The fourth-order valence-corrected chi connectivity index (χ4v) is 2.84. The Morgan fingerprint density at radius 2 is 2.29 bits per heavy atom. The van der Waals surface area contributed by atoms with Gasteiger partial charge in [0.15, 0.2) is 0 Å². The predicted octanol–water partition coefficient (Wildman–Crippen LogP) is 0.755. The third-order valence-electron chi connectivity index (χ3n) is 2.52. The minimum absolute atomic E-state index is 0.0104. The van der Waals surface area contributed by atoms with Crippen molar-refractivity contribution >= 4 is 17.3 Å². The van der Waals surface area contributed by atoms with Crippen molar-refractivity contribution in [1.82, 2.24) is 0 Å². The van der Waals surface area contributed by atoms with Gasteiger partial charge in [-0.25, -0.2) is 4.79 Å². The van der Waals surface area contributed by atoms with E-state index in [9.17, 15) is 9.90 Å². The summed E-state index contributed by atoms with van der Waals surface area (Å²) in [5.74, 6) is -0.991. The lowest BCUT2D eigenvalue weighted by molar-refractivity contribution is -0.0497. The van der Waals surface area contributed by atoms with E-state index in [-0.39, 0.29) is 11.6 Å². The number of aliphatic hydroxyl groups is 1. The SMILES string of the molecule is NC1CC(O)(c2sccc2C(=O)O)C1. The Morgan fingerprint density at radius 1 is 1.64 bits per heavy atom. The molecule has 0 aromatic carbocycles. The Labute approximate surface area is 85.0 Å². The van der Waals surface area contributed by atoms with Crippen LogP contribution in [-0.2, 0) is 5.60 Å². The average Bonchev–Trinajstić information content (AvgIpc) is 2.48. The lowest BCUT2D eigenvalue weighted by atomic mass is 9.74. The molecule has 1 aromatic heterocycles. The molecule has 2 rings (SSSR count). The Morgan fingerprint density at radius 3 is 2.79 bits per heavy atom. The molecular weight excluding hydrogens is 202 g/mol. The highest BCUT2D eigenvalue weighted by Gasteiger charge is 2.45. The third kappa shape index (κ3) is 1.33. The van der Waals surface area contributed by atoms with Gasteiger partial charge in [-0.2, -0.15) is 0 Å². The Kier molecular flexibility index (Phi) is 2.10. The minimum atomic E-state index is -0.999. The second-order valence-corrected chi connectivity index (χ2v) is 4.58. The maximum absolute atomic E-state index is 10.8. The molecule has 0 radical (unpaired) electrons. The van der Waals surface area contributed by atoms with Crippen LogP contribution in [0.2, 0.25) is 0 Å². The number of nitrogens with two attached hydrogens (primary N) is 1. The van der Waals surface area contributed by atoms with E-state index in [1.165, 1.54) is 17.4 Å². The van der Waals surface area contributed by atoms with Gasteiger partial charge in [0, 0.05) is 6.04 Å². The number of hydrogen-bond acceptors (Lipinski definition) is 4. The Hall–Kier alpha value is -0.910. The van der Waals surface area contributed by atoms with Crippen LogP contribution in [0.5, 0.6) is 0 Å². The molecule has 0 amide bonds. The van der Waals surface area contributed by atoms with Crippen LogP contribution in [0.4, 0.5) is 0 Å². The van der Waals surface area contributed by atoms with E-state index in [4.69, 9.17) is 10.8 Å². The van der Waals surface area contributed by atoms with Crippen molar-refractivity contribution < 1.29 is 15.0 Å². The first-order valence-electron chi connectivity index (χ1n) is 4.32. The number of hydrogen-bond donors (Lipinski definition) is 3. The van der Waals surface area contributed by atoms with Crippen molar-refractivity contribution in [2.45, 2.75) is 24.5 Å². The lowest BCUT2D eigenvalue weighted by Crippen LogP contribution is -2.49. The highest BCUT2D eigenvalue weighted by atomic mass is 32.1. The van der Waals surface area contributed by atoms with E-state index in [1.54, 1.807) is 5.38 Å². The molecule has 0 bridgehead atoms. The number of thiophene rings is 1. The lowest BCUT2D eigenvalue weighted by Gasteiger charge is -2.41. The van der Waals surface area contributed by atoms with Crippen LogP contribution in [0, 0.1) is 0 Å². The molecule has 76 valence electrons. The van der Waals surface area contributed by atoms with Crippen molar-refractivity contribution in [3.05, 3.63) is 21.9 Å². The molecule has 0 spiro atoms. The summed E-state index contributed by atoms with van der Waals surface area (Å²) >= 11 is 1.28. The van der Waals surface area contributed by atoms with Gasteiger partial charge < -0.3 is 15.9 Å². The second-order valence-electron chi connectivity index (χ2n) is 3.67. The molecule has 1 heterocycles. The molecule has 4 nitrogen and oxygen atoms in total. The highest BCUT2D eigenvalue weighted by Crippen LogP contribution is 2.44. The normalized spacial score (nSPS) is 31.1. The maximum atomic E-state index is 10.8. The number of rotatable bonds is 2. The van der Waals surface area contributed by atoms with Gasteiger partial charge in [-0.3, -0.25) is 0 Å². The fourth-order valence-electron chi connectivity index (χ4n) is 1.83. The summed E-state index contributed by atoms with van der Waals surface area (Å²) < 4.78 is 0. The molecule has 1 fully saturated rings. The monoisotopic (exact) mass is 213 g/mol. The van der Waals surface area contributed by atoms with E-state index < -0.39 is 11.6 Å². The number of carboxylic acid groups (broad SMARTS) is 1. The summed E-state index contributed by atoms with van der Waals surface area (Å²) in [6, 6.07) is 1.51. The van der Waals surface area contributed by atoms with Crippen molar-refractivity contribution in [3.8, 4) is 0 Å². The van der Waals surface area contributed by atoms with Crippen molar-refractivity contribution in [2.75, 3.05) is 0 Å². The van der Waals surface area contributed by atoms with Gasteiger partial charge in [0.1, 0.15) is 5.60 Å². The van der Waals surface area contributed by atoms with Crippen molar-refractivity contribution in [2.24, 2.45) is 5.73 Å². The zero-order chi connectivity index (χ0) is 10.3. The molecule has 0 saturated heterocycles. The molecule has 1 aliphatic carbocycles. The molecule has 1 aromatic rings. The largest absolute Gasteiger partial charge is 0.478 e. The summed E-state index contributed by atoms with van der Waals surface area (Å²) in [4.78, 5) is 11.3. The molecule has 5 heteroatoms. The first-order valence-corrected chi connectivity index (χ1v) is 5.20. The molecular formula is C9H11NO3S. The Bertz CT molecular complexity index is 368. The summed E-state index contributed by atoms with van der Waals surface area (Å²) in [6.45, 7) is 0. The van der Waals surface area contributed by atoms with Gasteiger partial charge in [-0.1, -0.05) is 0 Å². The maximum Gasteiger partial charge on any atom is 0.336 e. The van der Waals surface area contributed by atoms with E-state index in [0.29, 0.717) is 17.7 Å². The molecule has 14 heavy (non-hydrogen) atoms. The quantitative estimate of drug-likeness (QED) is 0.677. The van der Waals surface area contributed by atoms with Gasteiger partial charge in [0.2, 0.25) is 0 Å². The molecule has 1 aliphatic rings. The van der Waals surface area contributed by atoms with Crippen LogP contribution in [0.1, 0.15) is 28.1 Å². The van der Waals surface area contributed by atoms with E-state index in [0.717, 1.165) is 0 Å². The van der Waals surface area contributed by atoms with Gasteiger partial charge >= 0.3 is 5.97 Å². The molecule has 4 N–H and O–H groups in total. The van der Waals surface area contributed by atoms with Crippen LogP contribution in [-0.4, -0.2) is 22.2 Å². The Balaban J connectivity index is 2.33. The molecule has 1 saturated carbocycles. The number of aromatic carboxylic acids is 1. The summed E-state index contributed by atoms with van der Waals surface area (Å²) in [5.41, 5.74) is 4.78. The van der Waals surface area contributed by atoms with Crippen LogP contribution in [0.15, 0.2) is 11.4 Å². The summed E-state index contributed by atoms with van der Waals surface area (Å²) in [7, 11) is 0. The molecule has 0 unspecified atom stereocenters. The number of carboxylic acids is 1. The standard InChI is InChI=1S/C9H11NO3S/c10-5-3-9(13,4-5)7-6(8(11)12)1-2-14-7/h1-2,5,13H,3-4,10H2,(H,11,12). The zero-order valence-corrected chi connectivity index (χ0v) is 8.25. The van der Waals surface area contributed by atoms with Gasteiger partial charge in [-0.05, 0) is 24.3 Å². The van der Waals surface area contributed by atoms with E-state index >= 15 is 0 Å². The van der Waals surface area contributed by atoms with Crippen LogP contribution in [0.3, 0.4) is 0 Å². The summed E-state index contributed by atoms with van der Waals surface area (Å²) in [5, 5.41) is 20.6. The van der Waals surface area contributed by atoms with Crippen LogP contribution in [0.25, 0.3) is 0 Å². The second kappa shape index (κ2) is 3.05. The smallest absolute Gasteiger partial charge is 0.336 e. The molecule has 0 atom stereocenters. The van der Waals surface area contributed by atoms with E-state index in [1.807, 2.05) is 0 Å². The van der Waals surface area contributed by atoms with Gasteiger partial charge in [0.05, 0.1) is 10.4 Å². The predicted molar refractivity (Wildman–Crippen MR) is 52.4 cm³/mol. The van der Waals surface area contributed by atoms with Gasteiger partial charge in [0.25, 0.3) is 0 Å². The molecule has 0 aliphatic heterocycles. The zero-order valence-electron chi connectivity index (χ0n) is 7.43. The first kappa shape index (κ1) is 9.64. The van der Waals surface area contributed by atoms with Crippen molar-refractivity contribution in [3.63, 3.8) is 0 Å².